The second-order valence-electron chi connectivity index (χ2n) is 5.89. The number of pyridine rings is 1. The van der Waals surface area contributed by atoms with Gasteiger partial charge in [0.2, 0.25) is 5.91 Å². The number of carbonyl (C=O) groups is 3. The molecule has 26 heavy (non-hydrogen) atoms. The molecule has 9 nitrogen and oxygen atoms in total. The lowest BCUT2D eigenvalue weighted by Gasteiger charge is -2.25. The van der Waals surface area contributed by atoms with Gasteiger partial charge in [-0.25, -0.2) is 14.5 Å². The Bertz CT molecular complexity index is 845. The van der Waals surface area contributed by atoms with Crippen molar-refractivity contribution in [3.63, 3.8) is 0 Å². The van der Waals surface area contributed by atoms with Crippen molar-refractivity contribution in [3.05, 3.63) is 40.8 Å². The molecule has 2 amide bonds. The highest BCUT2D eigenvalue weighted by Gasteiger charge is 2.24. The molecule has 1 aliphatic carbocycles. The van der Waals surface area contributed by atoms with Crippen LogP contribution < -0.4 is 10.6 Å². The predicted octanol–water partition coefficient (Wildman–Crippen LogP) is 1.55. The van der Waals surface area contributed by atoms with Gasteiger partial charge in [0.05, 0.1) is 5.02 Å². The lowest BCUT2D eigenvalue weighted by molar-refractivity contribution is -0.116. The molecule has 1 fully saturated rings. The predicted molar refractivity (Wildman–Crippen MR) is 92.2 cm³/mol. The third-order valence-corrected chi connectivity index (χ3v) is 4.18. The zero-order chi connectivity index (χ0) is 18.7. The highest BCUT2D eigenvalue weighted by atomic mass is 35.5. The molecule has 2 aromatic rings. The molecule has 3 N–H and O–H groups in total. The van der Waals surface area contributed by atoms with E-state index in [1.807, 2.05) is 0 Å². The molecular formula is C16H16ClN5O4. The Hall–Kier alpha value is -2.94. The maximum atomic E-state index is 12.1. The van der Waals surface area contributed by atoms with E-state index in [9.17, 15) is 19.5 Å². The van der Waals surface area contributed by atoms with Gasteiger partial charge in [-0.1, -0.05) is 11.6 Å². The van der Waals surface area contributed by atoms with Gasteiger partial charge in [-0.05, 0) is 31.4 Å². The van der Waals surface area contributed by atoms with E-state index in [4.69, 9.17) is 11.6 Å². The Balaban J connectivity index is 1.70. The van der Waals surface area contributed by atoms with Gasteiger partial charge in [-0.2, -0.15) is 5.10 Å². The molecule has 1 saturated carbocycles. The van der Waals surface area contributed by atoms with Crippen LogP contribution in [0, 0.1) is 0 Å². The molecule has 2 aromatic heterocycles. The lowest BCUT2D eigenvalue weighted by Crippen LogP contribution is -2.39. The summed E-state index contributed by atoms with van der Waals surface area (Å²) in [5.41, 5.74) is -0.283. The Morgan fingerprint density at radius 3 is 2.65 bits per heavy atom. The Labute approximate surface area is 153 Å². The zero-order valence-electron chi connectivity index (χ0n) is 13.6. The first-order valence-corrected chi connectivity index (χ1v) is 8.33. The Morgan fingerprint density at radius 1 is 1.31 bits per heavy atom. The maximum Gasteiger partial charge on any atom is 0.354 e. The van der Waals surface area contributed by atoms with Crippen LogP contribution >= 0.6 is 11.6 Å². The molecule has 0 bridgehead atoms. The van der Waals surface area contributed by atoms with Crippen molar-refractivity contribution in [1.29, 1.82) is 0 Å². The van der Waals surface area contributed by atoms with Crippen molar-refractivity contribution in [3.8, 4) is 0 Å². The summed E-state index contributed by atoms with van der Waals surface area (Å²) in [6, 6.07) is 4.33. The fourth-order valence-electron chi connectivity index (χ4n) is 2.40. The van der Waals surface area contributed by atoms with Gasteiger partial charge in [-0.3, -0.25) is 9.59 Å². The summed E-state index contributed by atoms with van der Waals surface area (Å²) in [6.45, 7) is -0.372. The normalized spacial score (nSPS) is 13.7. The number of anilines is 1. The standard InChI is InChI=1S/C16H16ClN5O4/c17-9-4-5-13(18-7-9)20-14(23)8-22-12(16(25)26)6-11(21-22)15(24)19-10-2-1-3-10/h4-7,10H,1-3,8H2,(H,19,24)(H,25,26)(H,18,20,23). The van der Waals surface area contributed by atoms with E-state index >= 15 is 0 Å². The van der Waals surface area contributed by atoms with Crippen molar-refractivity contribution in [2.45, 2.75) is 31.8 Å². The molecule has 0 unspecified atom stereocenters. The van der Waals surface area contributed by atoms with Crippen molar-refractivity contribution >= 4 is 35.2 Å². The quantitative estimate of drug-likeness (QED) is 0.701. The topological polar surface area (TPSA) is 126 Å². The fraction of sp³-hybridized carbons (Fsp3) is 0.312. The number of aromatic nitrogens is 3. The SMILES string of the molecule is O=C(Cn1nc(C(=O)NC2CCC2)cc1C(=O)O)Nc1ccc(Cl)cn1. The Morgan fingerprint density at radius 2 is 2.08 bits per heavy atom. The highest BCUT2D eigenvalue weighted by Crippen LogP contribution is 2.18. The van der Waals surface area contributed by atoms with Crippen LogP contribution in [0.1, 0.15) is 40.2 Å². The number of aromatic carboxylic acids is 1. The van der Waals surface area contributed by atoms with Crippen LogP contribution in [0.3, 0.4) is 0 Å². The molecular weight excluding hydrogens is 362 g/mol. The number of nitrogens with zero attached hydrogens (tertiary/aromatic N) is 3. The zero-order valence-corrected chi connectivity index (χ0v) is 14.4. The smallest absolute Gasteiger partial charge is 0.354 e. The molecule has 0 saturated heterocycles. The number of amides is 2. The number of rotatable bonds is 6. The minimum absolute atomic E-state index is 0.0354. The first-order chi connectivity index (χ1) is 12.4. The van der Waals surface area contributed by atoms with Crippen molar-refractivity contribution in [2.75, 3.05) is 5.32 Å². The van der Waals surface area contributed by atoms with Gasteiger partial charge in [-0.15, -0.1) is 0 Å². The van der Waals surface area contributed by atoms with Gasteiger partial charge in [0.1, 0.15) is 18.1 Å². The maximum absolute atomic E-state index is 12.1. The third-order valence-electron chi connectivity index (χ3n) is 3.96. The van der Waals surface area contributed by atoms with Crippen LogP contribution in [0.15, 0.2) is 24.4 Å². The minimum Gasteiger partial charge on any atom is -0.477 e. The van der Waals surface area contributed by atoms with E-state index in [-0.39, 0.29) is 29.8 Å². The molecule has 0 atom stereocenters. The number of carbonyl (C=O) groups excluding carboxylic acids is 2. The van der Waals surface area contributed by atoms with Crippen molar-refractivity contribution in [1.82, 2.24) is 20.1 Å². The summed E-state index contributed by atoms with van der Waals surface area (Å²) >= 11 is 5.72. The molecule has 1 aliphatic rings. The largest absolute Gasteiger partial charge is 0.477 e. The average molecular weight is 378 g/mol. The third kappa shape index (κ3) is 4.17. The molecule has 0 aliphatic heterocycles. The number of nitrogens with one attached hydrogen (secondary N) is 2. The van der Waals surface area contributed by atoms with E-state index in [1.165, 1.54) is 12.3 Å². The number of halogens is 1. The summed E-state index contributed by atoms with van der Waals surface area (Å²) in [6.07, 6.45) is 4.22. The summed E-state index contributed by atoms with van der Waals surface area (Å²) in [5, 5.41) is 19.0. The summed E-state index contributed by atoms with van der Waals surface area (Å²) in [7, 11) is 0. The van der Waals surface area contributed by atoms with E-state index in [1.54, 1.807) is 6.07 Å². The van der Waals surface area contributed by atoms with Crippen LogP contribution in [-0.4, -0.2) is 43.7 Å². The Kier molecular flexibility index (Phi) is 5.17. The lowest BCUT2D eigenvalue weighted by atomic mass is 9.93. The van der Waals surface area contributed by atoms with Gasteiger partial charge in [0.25, 0.3) is 5.91 Å². The highest BCUT2D eigenvalue weighted by molar-refractivity contribution is 6.30. The minimum atomic E-state index is -1.28. The van der Waals surface area contributed by atoms with Gasteiger partial charge >= 0.3 is 5.97 Å². The van der Waals surface area contributed by atoms with Gasteiger partial charge in [0.15, 0.2) is 5.69 Å². The van der Waals surface area contributed by atoms with Crippen LogP contribution in [-0.2, 0) is 11.3 Å². The summed E-state index contributed by atoms with van der Waals surface area (Å²) < 4.78 is 0.975. The van der Waals surface area contributed by atoms with Gasteiger partial charge < -0.3 is 15.7 Å². The molecule has 10 heteroatoms. The number of hydrogen-bond donors (Lipinski definition) is 3. The first-order valence-electron chi connectivity index (χ1n) is 7.96. The van der Waals surface area contributed by atoms with Crippen LogP contribution in [0.2, 0.25) is 5.02 Å². The van der Waals surface area contributed by atoms with E-state index in [2.05, 4.69) is 20.7 Å². The fourth-order valence-corrected chi connectivity index (χ4v) is 2.51. The number of carboxylic acid groups (broad SMARTS) is 1. The molecule has 0 spiro atoms. The van der Waals surface area contributed by atoms with Crippen molar-refractivity contribution in [2.24, 2.45) is 0 Å². The molecule has 0 aromatic carbocycles. The van der Waals surface area contributed by atoms with E-state index in [0.29, 0.717) is 5.02 Å². The summed E-state index contributed by atoms with van der Waals surface area (Å²) in [4.78, 5) is 39.6. The molecule has 2 heterocycles. The van der Waals surface area contributed by atoms with Gasteiger partial charge in [0, 0.05) is 18.3 Å². The first kappa shape index (κ1) is 17.9. The number of carboxylic acids is 1. The second-order valence-corrected chi connectivity index (χ2v) is 6.33. The molecule has 3 rings (SSSR count). The van der Waals surface area contributed by atoms with Crippen molar-refractivity contribution < 1.29 is 19.5 Å². The van der Waals surface area contributed by atoms with Crippen LogP contribution in [0.25, 0.3) is 0 Å². The van der Waals surface area contributed by atoms with E-state index < -0.39 is 17.8 Å². The average Bonchev–Trinajstić information content (AvgIpc) is 2.97. The molecule has 136 valence electrons. The second kappa shape index (κ2) is 7.52. The summed E-state index contributed by atoms with van der Waals surface area (Å²) in [5.74, 6) is -1.99. The van der Waals surface area contributed by atoms with Crippen LogP contribution in [0.5, 0.6) is 0 Å². The monoisotopic (exact) mass is 377 g/mol. The number of hydrogen-bond acceptors (Lipinski definition) is 5. The molecule has 0 radical (unpaired) electrons. The van der Waals surface area contributed by atoms with E-state index in [0.717, 1.165) is 30.0 Å². The van der Waals surface area contributed by atoms with Crippen LogP contribution in [0.4, 0.5) is 5.82 Å².